The Hall–Kier alpha value is -1.50. The molecule has 0 bridgehead atoms. The molecule has 1 heteroatoms. The number of allylic oxidation sites excluding steroid dienone is 3. The van der Waals surface area contributed by atoms with E-state index in [1.165, 1.54) is 11.1 Å². The van der Waals surface area contributed by atoms with E-state index in [0.717, 1.165) is 12.8 Å². The van der Waals surface area contributed by atoms with Gasteiger partial charge in [-0.25, -0.2) is 0 Å². The zero-order chi connectivity index (χ0) is 14.2. The summed E-state index contributed by atoms with van der Waals surface area (Å²) >= 11 is 0. The molecule has 0 fully saturated rings. The van der Waals surface area contributed by atoms with Crippen molar-refractivity contribution in [3.05, 3.63) is 59.8 Å². The van der Waals surface area contributed by atoms with Crippen LogP contribution in [0.5, 0.6) is 0 Å². The van der Waals surface area contributed by atoms with Crippen LogP contribution >= 0.6 is 0 Å². The molecular weight excluding hydrogens is 218 g/mol. The summed E-state index contributed by atoms with van der Waals surface area (Å²) in [7, 11) is 0. The summed E-state index contributed by atoms with van der Waals surface area (Å²) in [6.07, 6.45) is 7.64. The molecule has 0 aliphatic rings. The standard InChI is InChI=1S/C8H10.C7H13N.C2H6/c1-2-8-6-4-3-5-7-8;1-3-7(2)5-4-6-8;1-2/h3-7H,2H2,1H3;4-6H,3,8H2,1-2H3;1-2H3/b;6-4-,7-5+;. The molecular formula is C17H29N. The smallest absolute Gasteiger partial charge is 0.00624 e. The minimum absolute atomic E-state index is 1.10. The zero-order valence-electron chi connectivity index (χ0n) is 12.6. The third kappa shape index (κ3) is 12.6. The van der Waals surface area contributed by atoms with Crippen molar-refractivity contribution in [3.63, 3.8) is 0 Å². The maximum absolute atomic E-state index is 5.11. The molecule has 1 rings (SSSR count). The predicted molar refractivity (Wildman–Crippen MR) is 84.5 cm³/mol. The molecule has 0 aromatic heterocycles. The molecule has 1 aromatic carbocycles. The van der Waals surface area contributed by atoms with E-state index < -0.39 is 0 Å². The molecule has 0 aliphatic heterocycles. The molecule has 18 heavy (non-hydrogen) atoms. The van der Waals surface area contributed by atoms with E-state index in [2.05, 4.69) is 45.0 Å². The Morgan fingerprint density at radius 1 is 1.11 bits per heavy atom. The highest BCUT2D eigenvalue weighted by Gasteiger charge is 1.80. The van der Waals surface area contributed by atoms with E-state index in [1.807, 2.05) is 32.1 Å². The van der Waals surface area contributed by atoms with Gasteiger partial charge in [0.05, 0.1) is 0 Å². The van der Waals surface area contributed by atoms with Gasteiger partial charge >= 0.3 is 0 Å². The van der Waals surface area contributed by atoms with Crippen molar-refractivity contribution < 1.29 is 0 Å². The van der Waals surface area contributed by atoms with Gasteiger partial charge in [0, 0.05) is 0 Å². The highest BCUT2D eigenvalue weighted by atomic mass is 14.5. The lowest BCUT2D eigenvalue weighted by Crippen LogP contribution is -1.74. The molecule has 0 saturated heterocycles. The average Bonchev–Trinajstić information content (AvgIpc) is 2.48. The van der Waals surface area contributed by atoms with Crippen molar-refractivity contribution in [2.45, 2.75) is 47.5 Å². The van der Waals surface area contributed by atoms with Gasteiger partial charge in [-0.05, 0) is 37.6 Å². The fourth-order valence-electron chi connectivity index (χ4n) is 1.05. The molecule has 0 radical (unpaired) electrons. The van der Waals surface area contributed by atoms with E-state index in [-0.39, 0.29) is 0 Å². The molecule has 0 aliphatic carbocycles. The largest absolute Gasteiger partial charge is 0.405 e. The lowest BCUT2D eigenvalue weighted by molar-refractivity contribution is 1.10. The Morgan fingerprint density at radius 2 is 1.67 bits per heavy atom. The predicted octanol–water partition coefficient (Wildman–Crippen LogP) is 5.09. The van der Waals surface area contributed by atoms with Gasteiger partial charge in [0.15, 0.2) is 0 Å². The molecule has 0 unspecified atom stereocenters. The zero-order valence-corrected chi connectivity index (χ0v) is 12.6. The summed E-state index contributed by atoms with van der Waals surface area (Å²) in [6.45, 7) is 10.4. The van der Waals surface area contributed by atoms with Crippen LogP contribution in [0.4, 0.5) is 0 Å². The van der Waals surface area contributed by atoms with Crippen LogP contribution in [-0.4, -0.2) is 0 Å². The monoisotopic (exact) mass is 247 g/mol. The number of hydrogen-bond acceptors (Lipinski definition) is 1. The summed E-state index contributed by atoms with van der Waals surface area (Å²) in [4.78, 5) is 0. The number of hydrogen-bond donors (Lipinski definition) is 1. The van der Waals surface area contributed by atoms with Crippen molar-refractivity contribution in [1.82, 2.24) is 0 Å². The van der Waals surface area contributed by atoms with Crippen molar-refractivity contribution in [2.24, 2.45) is 5.73 Å². The van der Waals surface area contributed by atoms with Gasteiger partial charge < -0.3 is 5.73 Å². The minimum Gasteiger partial charge on any atom is -0.405 e. The second-order valence-corrected chi connectivity index (χ2v) is 3.59. The summed E-state index contributed by atoms with van der Waals surface area (Å²) in [5, 5.41) is 0. The third-order valence-corrected chi connectivity index (χ3v) is 2.30. The number of aryl methyl sites for hydroxylation is 1. The summed E-state index contributed by atoms with van der Waals surface area (Å²) < 4.78 is 0. The molecule has 2 N–H and O–H groups in total. The highest BCUT2D eigenvalue weighted by Crippen LogP contribution is 1.97. The van der Waals surface area contributed by atoms with Crippen molar-refractivity contribution in [2.75, 3.05) is 0 Å². The van der Waals surface area contributed by atoms with Gasteiger partial charge in [-0.15, -0.1) is 0 Å². The van der Waals surface area contributed by atoms with Gasteiger partial charge in [0.1, 0.15) is 0 Å². The van der Waals surface area contributed by atoms with Crippen LogP contribution in [0, 0.1) is 0 Å². The molecule has 1 nitrogen and oxygen atoms in total. The first-order valence-electron chi connectivity index (χ1n) is 6.82. The lowest BCUT2D eigenvalue weighted by atomic mass is 10.2. The average molecular weight is 247 g/mol. The maximum Gasteiger partial charge on any atom is -0.00624 e. The van der Waals surface area contributed by atoms with Crippen LogP contribution < -0.4 is 5.73 Å². The Morgan fingerprint density at radius 3 is 2.00 bits per heavy atom. The van der Waals surface area contributed by atoms with Crippen LogP contribution in [0.25, 0.3) is 0 Å². The first-order valence-corrected chi connectivity index (χ1v) is 6.82. The van der Waals surface area contributed by atoms with E-state index in [1.54, 1.807) is 6.20 Å². The van der Waals surface area contributed by atoms with Crippen LogP contribution in [0.3, 0.4) is 0 Å². The quantitative estimate of drug-likeness (QED) is 0.740. The van der Waals surface area contributed by atoms with Crippen molar-refractivity contribution >= 4 is 0 Å². The minimum atomic E-state index is 1.10. The molecule has 1 aromatic rings. The Labute approximate surface area is 113 Å². The Balaban J connectivity index is 0. The Bertz CT molecular complexity index is 310. The maximum atomic E-state index is 5.11. The second kappa shape index (κ2) is 15.5. The lowest BCUT2D eigenvalue weighted by Gasteiger charge is -1.89. The summed E-state index contributed by atoms with van der Waals surface area (Å²) in [5.74, 6) is 0. The molecule has 0 saturated carbocycles. The normalized spacial score (nSPS) is 10.2. The van der Waals surface area contributed by atoms with Gasteiger partial charge in [-0.3, -0.25) is 0 Å². The van der Waals surface area contributed by atoms with Gasteiger partial charge in [0.25, 0.3) is 0 Å². The molecule has 0 atom stereocenters. The van der Waals surface area contributed by atoms with Gasteiger partial charge in [0.2, 0.25) is 0 Å². The topological polar surface area (TPSA) is 26.0 Å². The van der Waals surface area contributed by atoms with E-state index in [4.69, 9.17) is 5.73 Å². The third-order valence-electron chi connectivity index (χ3n) is 2.30. The fourth-order valence-corrected chi connectivity index (χ4v) is 1.05. The number of benzene rings is 1. The number of rotatable bonds is 3. The van der Waals surface area contributed by atoms with E-state index in [9.17, 15) is 0 Å². The molecule has 0 spiro atoms. The summed E-state index contributed by atoms with van der Waals surface area (Å²) in [5.41, 5.74) is 7.87. The van der Waals surface area contributed by atoms with Crippen molar-refractivity contribution in [3.8, 4) is 0 Å². The van der Waals surface area contributed by atoms with Crippen molar-refractivity contribution in [1.29, 1.82) is 0 Å². The van der Waals surface area contributed by atoms with Gasteiger partial charge in [-0.1, -0.05) is 69.7 Å². The molecule has 0 amide bonds. The first kappa shape index (κ1) is 18.9. The SMILES string of the molecule is CC.CC/C(C)=C/C=C\N.CCc1ccccc1. The van der Waals surface area contributed by atoms with Gasteiger partial charge in [-0.2, -0.15) is 0 Å². The summed E-state index contributed by atoms with van der Waals surface area (Å²) in [6, 6.07) is 10.5. The second-order valence-electron chi connectivity index (χ2n) is 3.59. The van der Waals surface area contributed by atoms with Crippen LogP contribution in [0.2, 0.25) is 0 Å². The van der Waals surface area contributed by atoms with Crippen LogP contribution in [0.1, 0.15) is 46.6 Å². The molecule has 102 valence electrons. The Kier molecular flexibility index (Phi) is 16.2. The van der Waals surface area contributed by atoms with Crippen LogP contribution in [0.15, 0.2) is 54.3 Å². The first-order chi connectivity index (χ1) is 8.74. The highest BCUT2D eigenvalue weighted by molar-refractivity contribution is 5.13. The van der Waals surface area contributed by atoms with E-state index in [0.29, 0.717) is 0 Å². The fraction of sp³-hybridized carbons (Fsp3) is 0.412. The molecule has 0 heterocycles. The van der Waals surface area contributed by atoms with Crippen LogP contribution in [-0.2, 0) is 6.42 Å². The van der Waals surface area contributed by atoms with E-state index >= 15 is 0 Å². The number of nitrogens with two attached hydrogens (primary N) is 1.